The number of anilines is 1. The average Bonchev–Trinajstić information content (AvgIpc) is 2.87. The van der Waals surface area contributed by atoms with Gasteiger partial charge in [0.2, 0.25) is 5.75 Å². The lowest BCUT2D eigenvalue weighted by Gasteiger charge is -2.15. The van der Waals surface area contributed by atoms with Crippen molar-refractivity contribution in [1.82, 2.24) is 0 Å². The van der Waals surface area contributed by atoms with Gasteiger partial charge in [-0.1, -0.05) is 12.1 Å². The molecule has 38 heavy (non-hydrogen) atoms. The van der Waals surface area contributed by atoms with E-state index >= 15 is 0 Å². The molecule has 3 rings (SSSR count). The van der Waals surface area contributed by atoms with E-state index in [9.17, 15) is 30.3 Å². The van der Waals surface area contributed by atoms with Crippen LogP contribution in [0.2, 0.25) is 0 Å². The maximum Gasteiger partial charge on any atom is 0.318 e. The van der Waals surface area contributed by atoms with Crippen LogP contribution < -0.4 is 14.8 Å². The van der Waals surface area contributed by atoms with Gasteiger partial charge in [-0.25, -0.2) is 0 Å². The second-order valence-corrected chi connectivity index (χ2v) is 9.06. The van der Waals surface area contributed by atoms with Gasteiger partial charge in [-0.05, 0) is 90.4 Å². The quantitative estimate of drug-likeness (QED) is 0.0930. The van der Waals surface area contributed by atoms with E-state index in [0.29, 0.717) is 14.8 Å². The number of non-ortho nitro benzene ring substituents is 1. The molecule has 0 radical (unpaired) electrons. The molecule has 0 aliphatic carbocycles. The summed E-state index contributed by atoms with van der Waals surface area (Å²) in [7, 11) is 0. The van der Waals surface area contributed by atoms with Crippen LogP contribution in [0.5, 0.6) is 17.2 Å². The fourth-order valence-electron chi connectivity index (χ4n) is 3.38. The van der Waals surface area contributed by atoms with Gasteiger partial charge in [0, 0.05) is 11.8 Å². The molecule has 0 heterocycles. The highest BCUT2D eigenvalue weighted by Gasteiger charge is 2.24. The molecule has 194 valence electrons. The lowest BCUT2D eigenvalue weighted by atomic mass is 10.1. The van der Waals surface area contributed by atoms with Gasteiger partial charge in [0.1, 0.15) is 11.6 Å². The number of nitrogens with zero attached hydrogens (tertiary/aromatic N) is 3. The van der Waals surface area contributed by atoms with E-state index < -0.39 is 27.1 Å². The number of amides is 1. The standard InChI is InChI=1S/C26H21IN4O7/c1-4-37-24-12-17(10-18(14-28)26(32)29-21-7-5-6-15(2)16(21)3)11-20(27)25(24)38-23-9-8-19(30(33)34)13-22(23)31(35)36/h5-13H,4H2,1-3H3,(H,29,32)/b18-10+. The Balaban J connectivity index is 1.99. The van der Waals surface area contributed by atoms with E-state index in [1.807, 2.05) is 48.6 Å². The zero-order chi connectivity index (χ0) is 28.0. The molecule has 1 amide bonds. The first kappa shape index (κ1) is 28.1. The minimum atomic E-state index is -0.777. The fraction of sp³-hybridized carbons (Fsp3) is 0.154. The number of nitro groups is 2. The number of hydrogen-bond acceptors (Lipinski definition) is 8. The summed E-state index contributed by atoms with van der Waals surface area (Å²) < 4.78 is 11.9. The molecule has 0 aliphatic heterocycles. The Labute approximate surface area is 231 Å². The van der Waals surface area contributed by atoms with Crippen molar-refractivity contribution >= 4 is 51.6 Å². The topological polar surface area (TPSA) is 158 Å². The molecule has 0 atom stereocenters. The molecule has 11 nitrogen and oxygen atoms in total. The molecule has 0 spiro atoms. The van der Waals surface area contributed by atoms with E-state index in [4.69, 9.17) is 9.47 Å². The first-order chi connectivity index (χ1) is 18.0. The van der Waals surface area contributed by atoms with Crippen molar-refractivity contribution < 1.29 is 24.1 Å². The molecule has 0 unspecified atom stereocenters. The predicted molar refractivity (Wildman–Crippen MR) is 148 cm³/mol. The van der Waals surface area contributed by atoms with Gasteiger partial charge in [-0.3, -0.25) is 25.0 Å². The third-order valence-electron chi connectivity index (χ3n) is 5.42. The number of halogens is 1. The zero-order valence-corrected chi connectivity index (χ0v) is 22.6. The number of ether oxygens (including phenoxy) is 2. The maximum absolute atomic E-state index is 12.8. The number of nitrogens with one attached hydrogen (secondary N) is 1. The van der Waals surface area contributed by atoms with Gasteiger partial charge in [-0.15, -0.1) is 0 Å². The van der Waals surface area contributed by atoms with E-state index in [-0.39, 0.29) is 29.4 Å². The van der Waals surface area contributed by atoms with Crippen LogP contribution in [-0.2, 0) is 4.79 Å². The Bertz CT molecular complexity index is 1510. The summed E-state index contributed by atoms with van der Waals surface area (Å²) in [6.07, 6.45) is 1.39. The maximum atomic E-state index is 12.8. The van der Waals surface area contributed by atoms with E-state index in [1.165, 1.54) is 12.1 Å². The molecule has 1 N–H and O–H groups in total. The second-order valence-electron chi connectivity index (χ2n) is 7.90. The van der Waals surface area contributed by atoms with Gasteiger partial charge >= 0.3 is 5.69 Å². The summed E-state index contributed by atoms with van der Waals surface area (Å²) in [5.74, 6) is -0.463. The third-order valence-corrected chi connectivity index (χ3v) is 6.22. The number of carbonyl (C=O) groups is 1. The summed E-state index contributed by atoms with van der Waals surface area (Å²) in [5, 5.41) is 35.0. The molecule has 0 aromatic heterocycles. The van der Waals surface area contributed by atoms with Crippen LogP contribution >= 0.6 is 22.6 Å². The summed E-state index contributed by atoms with van der Waals surface area (Å²) in [4.78, 5) is 33.9. The molecular formula is C26H21IN4O7. The van der Waals surface area contributed by atoms with Gasteiger partial charge in [0.15, 0.2) is 11.5 Å². The number of nitro benzene ring substituents is 2. The average molecular weight is 628 g/mol. The number of nitriles is 1. The smallest absolute Gasteiger partial charge is 0.318 e. The second kappa shape index (κ2) is 12.2. The Morgan fingerprint density at radius 3 is 2.47 bits per heavy atom. The van der Waals surface area contributed by atoms with E-state index in [2.05, 4.69) is 5.32 Å². The van der Waals surface area contributed by atoms with Gasteiger partial charge in [0.05, 0.1) is 26.1 Å². The molecule has 0 aliphatic rings. The lowest BCUT2D eigenvalue weighted by molar-refractivity contribution is -0.394. The molecule has 0 saturated heterocycles. The highest BCUT2D eigenvalue weighted by atomic mass is 127. The predicted octanol–water partition coefficient (Wildman–Crippen LogP) is 6.46. The van der Waals surface area contributed by atoms with Gasteiger partial charge in [0.25, 0.3) is 11.6 Å². The van der Waals surface area contributed by atoms with Crippen molar-refractivity contribution in [2.24, 2.45) is 0 Å². The van der Waals surface area contributed by atoms with Crippen molar-refractivity contribution in [3.63, 3.8) is 0 Å². The highest BCUT2D eigenvalue weighted by molar-refractivity contribution is 14.1. The summed E-state index contributed by atoms with van der Waals surface area (Å²) in [6, 6.07) is 13.6. The minimum absolute atomic E-state index is 0.139. The van der Waals surface area contributed by atoms with Crippen LogP contribution in [0.1, 0.15) is 23.6 Å². The number of hydrogen-bond donors (Lipinski definition) is 1. The molecular weight excluding hydrogens is 607 g/mol. The number of benzene rings is 3. The number of rotatable bonds is 9. The Morgan fingerprint density at radius 2 is 1.84 bits per heavy atom. The summed E-state index contributed by atoms with van der Waals surface area (Å²) in [5.41, 5.74) is 1.73. The normalized spacial score (nSPS) is 10.9. The van der Waals surface area contributed by atoms with Crippen LogP contribution in [0.25, 0.3) is 6.08 Å². The SMILES string of the molecule is CCOc1cc(/C=C(\C#N)C(=O)Nc2cccc(C)c2C)cc(I)c1Oc1ccc([N+](=O)[O-])cc1[N+](=O)[O-]. The Morgan fingerprint density at radius 1 is 1.11 bits per heavy atom. The van der Waals surface area contributed by atoms with E-state index in [0.717, 1.165) is 29.3 Å². The fourth-order valence-corrected chi connectivity index (χ4v) is 4.12. The number of aryl methyl sites for hydroxylation is 1. The van der Waals surface area contributed by atoms with Crippen molar-refractivity contribution in [2.45, 2.75) is 20.8 Å². The largest absolute Gasteiger partial charge is 0.490 e. The molecule has 0 fully saturated rings. The van der Waals surface area contributed by atoms with Crippen LogP contribution in [0.15, 0.2) is 54.1 Å². The Hall–Kier alpha value is -4.51. The van der Waals surface area contributed by atoms with Crippen LogP contribution in [0, 0.1) is 49.0 Å². The Kier molecular flexibility index (Phi) is 8.98. The number of carbonyl (C=O) groups excluding carboxylic acids is 1. The van der Waals surface area contributed by atoms with Crippen molar-refractivity contribution in [1.29, 1.82) is 5.26 Å². The first-order valence-electron chi connectivity index (χ1n) is 11.1. The van der Waals surface area contributed by atoms with E-state index in [1.54, 1.807) is 25.1 Å². The molecule has 3 aromatic rings. The van der Waals surface area contributed by atoms with Crippen LogP contribution in [0.4, 0.5) is 17.1 Å². The molecule has 0 bridgehead atoms. The lowest BCUT2D eigenvalue weighted by Crippen LogP contribution is -2.14. The minimum Gasteiger partial charge on any atom is -0.490 e. The monoisotopic (exact) mass is 628 g/mol. The van der Waals surface area contributed by atoms with Crippen molar-refractivity contribution in [3.05, 3.63) is 94.6 Å². The zero-order valence-electron chi connectivity index (χ0n) is 20.5. The molecule has 0 saturated carbocycles. The van der Waals surface area contributed by atoms with Crippen LogP contribution in [-0.4, -0.2) is 22.4 Å². The van der Waals surface area contributed by atoms with Crippen molar-refractivity contribution in [3.8, 4) is 23.3 Å². The first-order valence-corrected chi connectivity index (χ1v) is 12.2. The summed E-state index contributed by atoms with van der Waals surface area (Å²) >= 11 is 1.93. The molecule has 3 aromatic carbocycles. The third kappa shape index (κ3) is 6.43. The van der Waals surface area contributed by atoms with Gasteiger partial charge in [-0.2, -0.15) is 5.26 Å². The summed E-state index contributed by atoms with van der Waals surface area (Å²) in [6.45, 7) is 5.73. The van der Waals surface area contributed by atoms with Crippen LogP contribution in [0.3, 0.4) is 0 Å². The highest BCUT2D eigenvalue weighted by Crippen LogP contribution is 2.41. The van der Waals surface area contributed by atoms with Crippen molar-refractivity contribution in [2.75, 3.05) is 11.9 Å². The molecule has 12 heteroatoms. The van der Waals surface area contributed by atoms with Gasteiger partial charge < -0.3 is 14.8 Å².